The summed E-state index contributed by atoms with van der Waals surface area (Å²) in [5.41, 5.74) is -0.341. The van der Waals surface area contributed by atoms with Crippen LogP contribution in [-0.2, 0) is 14.3 Å². The van der Waals surface area contributed by atoms with E-state index in [4.69, 9.17) is 4.74 Å². The van der Waals surface area contributed by atoms with Gasteiger partial charge in [-0.2, -0.15) is 11.8 Å². The molecule has 3 N–H and O–H groups in total. The summed E-state index contributed by atoms with van der Waals surface area (Å²) in [5, 5.41) is 16.4. The standard InChI is InChI=1S/C25H41N3O5S/c1-10-28(22(31)18(14-15-34-9)26-23(32)33-25(6,7)8)19(21(30)27-24(3,4)5)17-13-11-12-16(2)20(17)29/h11-13,18-19,29H,10,14-15H2,1-9H3,(H,26,32)(H,27,30). The molecule has 1 rings (SSSR count). The fourth-order valence-corrected chi connectivity index (χ4v) is 3.87. The number of nitrogens with zero attached hydrogens (tertiary/aromatic N) is 1. The van der Waals surface area contributed by atoms with Gasteiger partial charge in [0, 0.05) is 17.6 Å². The second-order valence-electron chi connectivity index (χ2n) is 10.3. The highest BCUT2D eigenvalue weighted by atomic mass is 32.2. The Bertz CT molecular complexity index is 861. The predicted molar refractivity (Wildman–Crippen MR) is 137 cm³/mol. The van der Waals surface area contributed by atoms with Gasteiger partial charge in [0.15, 0.2) is 0 Å². The first-order valence-electron chi connectivity index (χ1n) is 11.5. The molecule has 0 spiro atoms. The summed E-state index contributed by atoms with van der Waals surface area (Å²) < 4.78 is 5.36. The Labute approximate surface area is 208 Å². The van der Waals surface area contributed by atoms with Crippen LogP contribution in [0.25, 0.3) is 0 Å². The van der Waals surface area contributed by atoms with E-state index in [9.17, 15) is 19.5 Å². The van der Waals surface area contributed by atoms with E-state index >= 15 is 0 Å². The van der Waals surface area contributed by atoms with Crippen LogP contribution in [0, 0.1) is 6.92 Å². The lowest BCUT2D eigenvalue weighted by Gasteiger charge is -2.35. The van der Waals surface area contributed by atoms with Gasteiger partial charge >= 0.3 is 6.09 Å². The van der Waals surface area contributed by atoms with E-state index in [1.165, 1.54) is 4.90 Å². The van der Waals surface area contributed by atoms with E-state index in [1.807, 2.05) is 27.0 Å². The molecule has 0 aliphatic rings. The molecular weight excluding hydrogens is 454 g/mol. The molecule has 0 saturated carbocycles. The normalized spacial score (nSPS) is 13.6. The number of carbonyl (C=O) groups is 3. The summed E-state index contributed by atoms with van der Waals surface area (Å²) in [7, 11) is 0. The number of aryl methyl sites for hydroxylation is 1. The van der Waals surface area contributed by atoms with Crippen molar-refractivity contribution in [2.45, 2.75) is 85.0 Å². The predicted octanol–water partition coefficient (Wildman–Crippen LogP) is 4.15. The molecule has 8 nitrogen and oxygen atoms in total. The molecule has 0 saturated heterocycles. The Kier molecular flexibility index (Phi) is 10.7. The van der Waals surface area contributed by atoms with Crippen LogP contribution in [0.15, 0.2) is 18.2 Å². The highest BCUT2D eigenvalue weighted by Crippen LogP contribution is 2.32. The molecule has 0 aromatic heterocycles. The minimum Gasteiger partial charge on any atom is -0.507 e. The minimum absolute atomic E-state index is 0.0384. The molecule has 0 radical (unpaired) electrons. The maximum Gasteiger partial charge on any atom is 0.408 e. The molecule has 1 aromatic rings. The zero-order valence-electron chi connectivity index (χ0n) is 21.9. The second-order valence-corrected chi connectivity index (χ2v) is 11.2. The van der Waals surface area contributed by atoms with Crippen molar-refractivity contribution in [1.82, 2.24) is 15.5 Å². The summed E-state index contributed by atoms with van der Waals surface area (Å²) in [6.07, 6.45) is 1.58. The second kappa shape index (κ2) is 12.3. The number of thioether (sulfide) groups is 1. The molecule has 2 unspecified atom stereocenters. The highest BCUT2D eigenvalue weighted by Gasteiger charge is 2.37. The molecule has 0 aliphatic heterocycles. The topological polar surface area (TPSA) is 108 Å². The molecule has 192 valence electrons. The van der Waals surface area contributed by atoms with Crippen molar-refractivity contribution >= 4 is 29.7 Å². The van der Waals surface area contributed by atoms with Gasteiger partial charge in [0.25, 0.3) is 0 Å². The van der Waals surface area contributed by atoms with Gasteiger partial charge in [-0.05, 0) is 79.4 Å². The first-order chi connectivity index (χ1) is 15.6. The maximum absolute atomic E-state index is 13.7. The summed E-state index contributed by atoms with van der Waals surface area (Å²) in [5.74, 6) is -0.247. The minimum atomic E-state index is -1.08. The number of benzene rings is 1. The number of hydrogen-bond donors (Lipinski definition) is 3. The number of ether oxygens (including phenoxy) is 1. The summed E-state index contributed by atoms with van der Waals surface area (Å²) >= 11 is 1.55. The fraction of sp³-hybridized carbons (Fsp3) is 0.640. The van der Waals surface area contributed by atoms with Crippen LogP contribution in [0.1, 0.15) is 72.1 Å². The molecule has 3 amide bonds. The number of amides is 3. The van der Waals surface area contributed by atoms with Crippen LogP contribution in [0.5, 0.6) is 5.75 Å². The van der Waals surface area contributed by atoms with E-state index in [1.54, 1.807) is 64.6 Å². The molecule has 34 heavy (non-hydrogen) atoms. The third-order valence-electron chi connectivity index (χ3n) is 4.85. The monoisotopic (exact) mass is 495 g/mol. The maximum atomic E-state index is 13.7. The number of alkyl carbamates (subject to hydrolysis) is 1. The van der Waals surface area contributed by atoms with E-state index in [0.717, 1.165) is 0 Å². The number of rotatable bonds is 9. The number of para-hydroxylation sites is 1. The third-order valence-corrected chi connectivity index (χ3v) is 5.49. The third kappa shape index (κ3) is 9.08. The summed E-state index contributed by atoms with van der Waals surface area (Å²) in [4.78, 5) is 41.1. The number of likely N-dealkylation sites (N-methyl/N-ethyl adjacent to an activating group) is 1. The van der Waals surface area contributed by atoms with Crippen molar-refractivity contribution in [3.05, 3.63) is 29.3 Å². The average Bonchev–Trinajstić information content (AvgIpc) is 2.68. The number of phenols is 1. The van der Waals surface area contributed by atoms with Gasteiger partial charge in [-0.1, -0.05) is 18.2 Å². The average molecular weight is 496 g/mol. The van der Waals surface area contributed by atoms with Gasteiger partial charge in [-0.15, -0.1) is 0 Å². The van der Waals surface area contributed by atoms with Crippen molar-refractivity contribution < 1.29 is 24.2 Å². The van der Waals surface area contributed by atoms with Crippen LogP contribution < -0.4 is 10.6 Å². The Morgan fingerprint density at radius 1 is 1.15 bits per heavy atom. The number of hydrogen-bond acceptors (Lipinski definition) is 6. The van der Waals surface area contributed by atoms with Crippen molar-refractivity contribution in [1.29, 1.82) is 0 Å². The number of carbonyl (C=O) groups excluding carboxylic acids is 3. The lowest BCUT2D eigenvalue weighted by atomic mass is 9.98. The summed E-state index contributed by atoms with van der Waals surface area (Å²) in [6, 6.07) is 3.15. The highest BCUT2D eigenvalue weighted by molar-refractivity contribution is 7.98. The largest absolute Gasteiger partial charge is 0.507 e. The van der Waals surface area contributed by atoms with E-state index < -0.39 is 41.1 Å². The van der Waals surface area contributed by atoms with Crippen molar-refractivity contribution in [2.75, 3.05) is 18.6 Å². The first-order valence-corrected chi connectivity index (χ1v) is 12.9. The van der Waals surface area contributed by atoms with Gasteiger partial charge in [-0.25, -0.2) is 4.79 Å². The van der Waals surface area contributed by atoms with Crippen molar-refractivity contribution in [3.63, 3.8) is 0 Å². The van der Waals surface area contributed by atoms with E-state index in [2.05, 4.69) is 10.6 Å². The quantitative estimate of drug-likeness (QED) is 0.475. The van der Waals surface area contributed by atoms with Crippen molar-refractivity contribution in [2.24, 2.45) is 0 Å². The van der Waals surface area contributed by atoms with Crippen LogP contribution in [0.4, 0.5) is 4.79 Å². The van der Waals surface area contributed by atoms with Gasteiger partial charge in [0.2, 0.25) is 11.8 Å². The molecule has 0 fully saturated rings. The van der Waals surface area contributed by atoms with Gasteiger partial charge < -0.3 is 25.4 Å². The smallest absolute Gasteiger partial charge is 0.408 e. The molecule has 1 aromatic carbocycles. The Morgan fingerprint density at radius 2 is 1.76 bits per heavy atom. The Hall–Kier alpha value is -2.42. The Morgan fingerprint density at radius 3 is 2.26 bits per heavy atom. The Balaban J connectivity index is 3.44. The van der Waals surface area contributed by atoms with Gasteiger partial charge in [0.05, 0.1) is 0 Å². The van der Waals surface area contributed by atoms with E-state index in [0.29, 0.717) is 23.3 Å². The van der Waals surface area contributed by atoms with Gasteiger partial charge in [0.1, 0.15) is 23.4 Å². The fourth-order valence-electron chi connectivity index (χ4n) is 3.40. The van der Waals surface area contributed by atoms with Gasteiger partial charge in [-0.3, -0.25) is 9.59 Å². The van der Waals surface area contributed by atoms with Crippen molar-refractivity contribution in [3.8, 4) is 5.75 Å². The molecule has 0 heterocycles. The molecule has 0 aliphatic carbocycles. The molecule has 9 heteroatoms. The molecule has 0 bridgehead atoms. The van der Waals surface area contributed by atoms with Crippen LogP contribution in [0.2, 0.25) is 0 Å². The zero-order chi connectivity index (χ0) is 26.3. The number of phenolic OH excluding ortho intramolecular Hbond substituents is 1. The lowest BCUT2D eigenvalue weighted by molar-refractivity contribution is -0.143. The molecule has 2 atom stereocenters. The van der Waals surface area contributed by atoms with Crippen LogP contribution in [-0.4, -0.2) is 63.6 Å². The number of nitrogens with one attached hydrogen (secondary N) is 2. The summed E-state index contributed by atoms with van der Waals surface area (Å²) in [6.45, 7) is 14.5. The van der Waals surface area contributed by atoms with Crippen LogP contribution in [0.3, 0.4) is 0 Å². The number of aromatic hydroxyl groups is 1. The SMILES string of the molecule is CCN(C(=O)C(CCSC)NC(=O)OC(C)(C)C)C(C(=O)NC(C)(C)C)c1cccc(C)c1O. The first kappa shape index (κ1) is 29.6. The van der Waals surface area contributed by atoms with E-state index in [-0.39, 0.29) is 12.3 Å². The molecular formula is C25H41N3O5S. The lowest BCUT2D eigenvalue weighted by Crippen LogP contribution is -2.54. The van der Waals surface area contributed by atoms with Crippen LogP contribution >= 0.6 is 11.8 Å². The zero-order valence-corrected chi connectivity index (χ0v) is 22.8.